The molecule has 1 N–H and O–H groups in total. The number of benzene rings is 1. The molecule has 0 radical (unpaired) electrons. The van der Waals surface area contributed by atoms with Crippen molar-refractivity contribution in [3.63, 3.8) is 0 Å². The fourth-order valence-corrected chi connectivity index (χ4v) is 2.57. The molecule has 1 aliphatic heterocycles. The first-order chi connectivity index (χ1) is 9.28. The third kappa shape index (κ3) is 2.26. The van der Waals surface area contributed by atoms with Crippen molar-refractivity contribution in [2.75, 3.05) is 23.8 Å². The van der Waals surface area contributed by atoms with E-state index in [1.807, 2.05) is 13.2 Å². The SMILES string of the molecule is CNc1cncc(N2CCCc3cc(C)ccc32)n1. The number of aromatic nitrogens is 2. The van der Waals surface area contributed by atoms with Crippen molar-refractivity contribution < 1.29 is 0 Å². The Hall–Kier alpha value is -2.10. The fraction of sp³-hybridized carbons (Fsp3) is 0.333. The number of aryl methyl sites for hydroxylation is 2. The number of rotatable bonds is 2. The summed E-state index contributed by atoms with van der Waals surface area (Å²) >= 11 is 0. The van der Waals surface area contributed by atoms with Gasteiger partial charge in [0.2, 0.25) is 0 Å². The summed E-state index contributed by atoms with van der Waals surface area (Å²) in [6.45, 7) is 3.14. The highest BCUT2D eigenvalue weighted by Gasteiger charge is 2.19. The maximum Gasteiger partial charge on any atom is 0.153 e. The van der Waals surface area contributed by atoms with Crippen LogP contribution in [-0.4, -0.2) is 23.6 Å². The van der Waals surface area contributed by atoms with Crippen molar-refractivity contribution in [2.24, 2.45) is 0 Å². The minimum absolute atomic E-state index is 0.803. The fourth-order valence-electron chi connectivity index (χ4n) is 2.57. The maximum atomic E-state index is 4.59. The van der Waals surface area contributed by atoms with Crippen LogP contribution in [0.15, 0.2) is 30.6 Å². The van der Waals surface area contributed by atoms with E-state index in [-0.39, 0.29) is 0 Å². The third-order valence-corrected chi connectivity index (χ3v) is 3.51. The second-order valence-electron chi connectivity index (χ2n) is 4.90. The van der Waals surface area contributed by atoms with Crippen LogP contribution in [0.3, 0.4) is 0 Å². The van der Waals surface area contributed by atoms with E-state index in [1.165, 1.54) is 16.8 Å². The molecule has 0 unspecified atom stereocenters. The van der Waals surface area contributed by atoms with Crippen LogP contribution in [0, 0.1) is 6.92 Å². The summed E-state index contributed by atoms with van der Waals surface area (Å²) < 4.78 is 0. The average Bonchev–Trinajstić information content (AvgIpc) is 2.46. The predicted octanol–water partition coefficient (Wildman–Crippen LogP) is 2.91. The normalized spacial score (nSPS) is 14.1. The summed E-state index contributed by atoms with van der Waals surface area (Å²) in [6.07, 6.45) is 5.87. The zero-order chi connectivity index (χ0) is 13.2. The van der Waals surface area contributed by atoms with Gasteiger partial charge in [0.15, 0.2) is 5.82 Å². The molecular weight excluding hydrogens is 236 g/mol. The molecule has 1 aliphatic rings. The Labute approximate surface area is 113 Å². The topological polar surface area (TPSA) is 41.1 Å². The van der Waals surface area contributed by atoms with Crippen molar-refractivity contribution in [3.05, 3.63) is 41.7 Å². The first-order valence-corrected chi connectivity index (χ1v) is 6.65. The van der Waals surface area contributed by atoms with E-state index in [4.69, 9.17) is 0 Å². The third-order valence-electron chi connectivity index (χ3n) is 3.51. The van der Waals surface area contributed by atoms with Crippen LogP contribution in [0.1, 0.15) is 17.5 Å². The van der Waals surface area contributed by atoms with E-state index >= 15 is 0 Å². The van der Waals surface area contributed by atoms with E-state index < -0.39 is 0 Å². The monoisotopic (exact) mass is 254 g/mol. The lowest BCUT2D eigenvalue weighted by atomic mass is 10.00. The molecule has 1 aromatic carbocycles. The lowest BCUT2D eigenvalue weighted by Crippen LogP contribution is -2.25. The van der Waals surface area contributed by atoms with Gasteiger partial charge >= 0.3 is 0 Å². The smallest absolute Gasteiger partial charge is 0.153 e. The Balaban J connectivity index is 2.03. The van der Waals surface area contributed by atoms with Crippen LogP contribution in [0.5, 0.6) is 0 Å². The Morgan fingerprint density at radius 3 is 3.00 bits per heavy atom. The van der Waals surface area contributed by atoms with Gasteiger partial charge in [-0.15, -0.1) is 0 Å². The van der Waals surface area contributed by atoms with Crippen molar-refractivity contribution in [1.29, 1.82) is 0 Å². The number of hydrogen-bond acceptors (Lipinski definition) is 4. The van der Waals surface area contributed by atoms with Crippen LogP contribution < -0.4 is 10.2 Å². The van der Waals surface area contributed by atoms with Gasteiger partial charge in [-0.2, -0.15) is 0 Å². The summed E-state index contributed by atoms with van der Waals surface area (Å²) in [5.74, 6) is 1.72. The number of nitrogens with one attached hydrogen (secondary N) is 1. The summed E-state index contributed by atoms with van der Waals surface area (Å²) in [4.78, 5) is 11.1. The van der Waals surface area contributed by atoms with E-state index in [9.17, 15) is 0 Å². The van der Waals surface area contributed by atoms with Crippen molar-refractivity contribution in [2.45, 2.75) is 19.8 Å². The lowest BCUT2D eigenvalue weighted by Gasteiger charge is -2.30. The molecule has 1 aromatic heterocycles. The molecule has 0 saturated carbocycles. The average molecular weight is 254 g/mol. The molecule has 0 fully saturated rings. The molecule has 2 aromatic rings. The second-order valence-corrected chi connectivity index (χ2v) is 4.90. The minimum Gasteiger partial charge on any atom is -0.372 e. The van der Waals surface area contributed by atoms with Crippen molar-refractivity contribution >= 4 is 17.3 Å². The Morgan fingerprint density at radius 1 is 1.26 bits per heavy atom. The van der Waals surface area contributed by atoms with Gasteiger partial charge in [0.25, 0.3) is 0 Å². The van der Waals surface area contributed by atoms with Crippen LogP contribution in [-0.2, 0) is 6.42 Å². The molecule has 0 spiro atoms. The van der Waals surface area contributed by atoms with Gasteiger partial charge in [0.1, 0.15) is 5.82 Å². The Morgan fingerprint density at radius 2 is 2.16 bits per heavy atom. The largest absolute Gasteiger partial charge is 0.372 e. The van der Waals surface area contributed by atoms with Gasteiger partial charge in [-0.3, -0.25) is 4.98 Å². The molecule has 4 heteroatoms. The Kier molecular flexibility index (Phi) is 3.07. The molecule has 0 aliphatic carbocycles. The zero-order valence-electron chi connectivity index (χ0n) is 11.3. The highest BCUT2D eigenvalue weighted by Crippen LogP contribution is 2.32. The zero-order valence-corrected chi connectivity index (χ0v) is 11.3. The van der Waals surface area contributed by atoms with E-state index in [0.717, 1.165) is 31.0 Å². The van der Waals surface area contributed by atoms with Gasteiger partial charge in [-0.05, 0) is 31.4 Å². The maximum absolute atomic E-state index is 4.59. The number of nitrogens with zero attached hydrogens (tertiary/aromatic N) is 3. The minimum atomic E-state index is 0.803. The first-order valence-electron chi connectivity index (χ1n) is 6.65. The van der Waals surface area contributed by atoms with Gasteiger partial charge in [0.05, 0.1) is 12.4 Å². The molecule has 4 nitrogen and oxygen atoms in total. The number of anilines is 3. The van der Waals surface area contributed by atoms with Gasteiger partial charge in [-0.25, -0.2) is 4.98 Å². The lowest BCUT2D eigenvalue weighted by molar-refractivity contribution is 0.757. The molecule has 98 valence electrons. The quantitative estimate of drug-likeness (QED) is 0.894. The highest BCUT2D eigenvalue weighted by atomic mass is 15.2. The molecule has 0 saturated heterocycles. The Bertz CT molecular complexity index is 594. The van der Waals surface area contributed by atoms with Gasteiger partial charge < -0.3 is 10.2 Å². The van der Waals surface area contributed by atoms with Crippen LogP contribution in [0.2, 0.25) is 0 Å². The highest BCUT2D eigenvalue weighted by molar-refractivity contribution is 5.66. The van der Waals surface area contributed by atoms with Crippen molar-refractivity contribution in [1.82, 2.24) is 9.97 Å². The number of hydrogen-bond donors (Lipinski definition) is 1. The number of fused-ring (bicyclic) bond motifs is 1. The molecule has 3 rings (SSSR count). The van der Waals surface area contributed by atoms with Gasteiger partial charge in [-0.1, -0.05) is 17.7 Å². The van der Waals surface area contributed by atoms with Crippen LogP contribution in [0.25, 0.3) is 0 Å². The van der Waals surface area contributed by atoms with E-state index in [2.05, 4.69) is 45.3 Å². The van der Waals surface area contributed by atoms with Gasteiger partial charge in [0, 0.05) is 19.3 Å². The molecular formula is C15H18N4. The molecule has 0 amide bonds. The molecule has 19 heavy (non-hydrogen) atoms. The molecule has 2 heterocycles. The van der Waals surface area contributed by atoms with Crippen LogP contribution >= 0.6 is 0 Å². The van der Waals surface area contributed by atoms with Crippen molar-refractivity contribution in [3.8, 4) is 0 Å². The summed E-state index contributed by atoms with van der Waals surface area (Å²) in [5, 5.41) is 3.04. The predicted molar refractivity (Wildman–Crippen MR) is 78.1 cm³/mol. The van der Waals surface area contributed by atoms with E-state index in [0.29, 0.717) is 0 Å². The standard InChI is InChI=1S/C15H18N4/c1-11-5-6-13-12(8-11)4-3-7-19(13)15-10-17-9-14(16-2)18-15/h5-6,8-10H,3-4,7H2,1-2H3,(H,16,18). The van der Waals surface area contributed by atoms with E-state index in [1.54, 1.807) is 6.20 Å². The molecule has 0 bridgehead atoms. The first kappa shape index (κ1) is 12.0. The summed E-state index contributed by atoms with van der Waals surface area (Å²) in [7, 11) is 1.86. The summed E-state index contributed by atoms with van der Waals surface area (Å²) in [5.41, 5.74) is 3.98. The molecule has 0 atom stereocenters. The van der Waals surface area contributed by atoms with Crippen LogP contribution in [0.4, 0.5) is 17.3 Å². The summed E-state index contributed by atoms with van der Waals surface area (Å²) in [6, 6.07) is 6.63. The second kappa shape index (κ2) is 4.88.